The maximum Gasteiger partial charge on any atom is 0.224 e. The second kappa shape index (κ2) is 8.29. The second-order valence-corrected chi connectivity index (χ2v) is 4.96. The zero-order valence-electron chi connectivity index (χ0n) is 11.6. The summed E-state index contributed by atoms with van der Waals surface area (Å²) in [6.45, 7) is 5.15. The van der Waals surface area contributed by atoms with Gasteiger partial charge in [-0.2, -0.15) is 0 Å². The van der Waals surface area contributed by atoms with Gasteiger partial charge in [0.05, 0.1) is 6.42 Å². The number of amides is 2. The van der Waals surface area contributed by atoms with Crippen LogP contribution in [0, 0.1) is 5.92 Å². The highest BCUT2D eigenvalue weighted by Crippen LogP contribution is 1.99. The van der Waals surface area contributed by atoms with Crippen LogP contribution in [0.15, 0.2) is 30.3 Å². The smallest absolute Gasteiger partial charge is 0.224 e. The lowest BCUT2D eigenvalue weighted by Gasteiger charge is -2.08. The van der Waals surface area contributed by atoms with Gasteiger partial charge in [0, 0.05) is 19.5 Å². The minimum absolute atomic E-state index is 0.0197. The van der Waals surface area contributed by atoms with Gasteiger partial charge in [-0.3, -0.25) is 9.59 Å². The topological polar surface area (TPSA) is 58.2 Å². The van der Waals surface area contributed by atoms with Gasteiger partial charge in [-0.1, -0.05) is 44.2 Å². The molecular formula is C15H22N2O2. The molecule has 4 heteroatoms. The number of rotatable bonds is 7. The molecule has 0 saturated carbocycles. The number of nitrogens with one attached hydrogen (secondary N) is 2. The van der Waals surface area contributed by atoms with Gasteiger partial charge < -0.3 is 10.6 Å². The van der Waals surface area contributed by atoms with E-state index in [9.17, 15) is 9.59 Å². The van der Waals surface area contributed by atoms with E-state index in [0.29, 0.717) is 31.8 Å². The average molecular weight is 262 g/mol. The second-order valence-electron chi connectivity index (χ2n) is 4.96. The van der Waals surface area contributed by atoms with Crippen LogP contribution in [0.4, 0.5) is 0 Å². The minimum atomic E-state index is -0.0529. The van der Waals surface area contributed by atoms with Crippen molar-refractivity contribution < 1.29 is 9.59 Å². The van der Waals surface area contributed by atoms with Crippen LogP contribution in [-0.2, 0) is 16.0 Å². The molecule has 4 nitrogen and oxygen atoms in total. The van der Waals surface area contributed by atoms with E-state index in [2.05, 4.69) is 10.6 Å². The molecule has 0 aliphatic rings. The molecule has 1 rings (SSSR count). The number of benzene rings is 1. The fourth-order valence-corrected chi connectivity index (χ4v) is 1.57. The number of hydrogen-bond acceptors (Lipinski definition) is 2. The first-order chi connectivity index (χ1) is 9.08. The van der Waals surface area contributed by atoms with Gasteiger partial charge in [-0.15, -0.1) is 0 Å². The van der Waals surface area contributed by atoms with Crippen molar-refractivity contribution in [3.63, 3.8) is 0 Å². The normalized spacial score (nSPS) is 10.3. The predicted molar refractivity (Wildman–Crippen MR) is 75.6 cm³/mol. The Morgan fingerprint density at radius 2 is 1.74 bits per heavy atom. The van der Waals surface area contributed by atoms with Crippen molar-refractivity contribution in [1.29, 1.82) is 0 Å². The molecule has 19 heavy (non-hydrogen) atoms. The Bertz CT molecular complexity index is 402. The third-order valence-corrected chi connectivity index (χ3v) is 2.59. The van der Waals surface area contributed by atoms with E-state index in [1.165, 1.54) is 0 Å². The summed E-state index contributed by atoms with van der Waals surface area (Å²) in [7, 11) is 0. The first kappa shape index (κ1) is 15.2. The molecule has 2 amide bonds. The molecule has 0 aliphatic heterocycles. The summed E-state index contributed by atoms with van der Waals surface area (Å²) in [6, 6.07) is 9.55. The van der Waals surface area contributed by atoms with Gasteiger partial charge in [-0.25, -0.2) is 0 Å². The third-order valence-electron chi connectivity index (χ3n) is 2.59. The summed E-state index contributed by atoms with van der Waals surface area (Å²) in [5, 5.41) is 5.57. The monoisotopic (exact) mass is 262 g/mol. The van der Waals surface area contributed by atoms with Crippen LogP contribution in [0.1, 0.15) is 25.8 Å². The average Bonchev–Trinajstić information content (AvgIpc) is 2.37. The highest BCUT2D eigenvalue weighted by Gasteiger charge is 2.05. The lowest BCUT2D eigenvalue weighted by atomic mass is 10.1. The molecule has 0 aliphatic carbocycles. The van der Waals surface area contributed by atoms with Crippen LogP contribution in [0.2, 0.25) is 0 Å². The van der Waals surface area contributed by atoms with Gasteiger partial charge in [0.15, 0.2) is 0 Å². The Kier molecular flexibility index (Phi) is 6.64. The zero-order chi connectivity index (χ0) is 14.1. The Hall–Kier alpha value is -1.84. The van der Waals surface area contributed by atoms with Crippen molar-refractivity contribution in [2.24, 2.45) is 5.92 Å². The molecule has 104 valence electrons. The van der Waals surface area contributed by atoms with Gasteiger partial charge in [-0.05, 0) is 11.5 Å². The van der Waals surface area contributed by atoms with E-state index in [1.54, 1.807) is 0 Å². The van der Waals surface area contributed by atoms with E-state index < -0.39 is 0 Å². The summed E-state index contributed by atoms with van der Waals surface area (Å²) in [6.07, 6.45) is 0.682. The van der Waals surface area contributed by atoms with Gasteiger partial charge in [0.25, 0.3) is 0 Å². The molecule has 0 radical (unpaired) electrons. The van der Waals surface area contributed by atoms with Crippen LogP contribution in [-0.4, -0.2) is 24.9 Å². The predicted octanol–water partition coefficient (Wildman–Crippen LogP) is 1.51. The molecule has 0 unspecified atom stereocenters. The molecule has 0 heterocycles. The lowest BCUT2D eigenvalue weighted by Crippen LogP contribution is -2.32. The number of hydrogen-bond donors (Lipinski definition) is 2. The molecule has 1 aromatic carbocycles. The van der Waals surface area contributed by atoms with E-state index in [-0.39, 0.29) is 11.8 Å². The van der Waals surface area contributed by atoms with Crippen molar-refractivity contribution in [2.75, 3.05) is 13.1 Å². The lowest BCUT2D eigenvalue weighted by molar-refractivity contribution is -0.122. The fraction of sp³-hybridized carbons (Fsp3) is 0.467. The highest BCUT2D eigenvalue weighted by atomic mass is 16.2. The van der Waals surface area contributed by atoms with E-state index in [1.807, 2.05) is 44.2 Å². The number of carbonyl (C=O) groups is 2. The summed E-state index contributed by atoms with van der Waals surface area (Å²) in [5.41, 5.74) is 0.976. The van der Waals surface area contributed by atoms with Crippen LogP contribution >= 0.6 is 0 Å². The van der Waals surface area contributed by atoms with Crippen LogP contribution in [0.25, 0.3) is 0 Å². The van der Waals surface area contributed by atoms with Crippen LogP contribution in [0.3, 0.4) is 0 Å². The van der Waals surface area contributed by atoms with E-state index in [0.717, 1.165) is 5.56 Å². The molecule has 0 spiro atoms. The molecule has 1 aromatic rings. The molecule has 0 fully saturated rings. The number of carbonyl (C=O) groups excluding carboxylic acids is 2. The van der Waals surface area contributed by atoms with E-state index in [4.69, 9.17) is 0 Å². The van der Waals surface area contributed by atoms with Crippen molar-refractivity contribution in [3.8, 4) is 0 Å². The molecular weight excluding hydrogens is 240 g/mol. The molecule has 2 N–H and O–H groups in total. The summed E-state index contributed by atoms with van der Waals surface area (Å²) < 4.78 is 0. The maximum atomic E-state index is 11.6. The van der Waals surface area contributed by atoms with Crippen molar-refractivity contribution in [1.82, 2.24) is 10.6 Å². The van der Waals surface area contributed by atoms with Crippen LogP contribution < -0.4 is 10.6 Å². The fourth-order valence-electron chi connectivity index (χ4n) is 1.57. The first-order valence-corrected chi connectivity index (χ1v) is 6.65. The Labute approximate surface area is 114 Å². The van der Waals surface area contributed by atoms with Crippen molar-refractivity contribution >= 4 is 11.8 Å². The Morgan fingerprint density at radius 1 is 1.05 bits per heavy atom. The third kappa shape index (κ3) is 7.24. The first-order valence-electron chi connectivity index (χ1n) is 6.65. The zero-order valence-corrected chi connectivity index (χ0v) is 11.6. The molecule has 0 aromatic heterocycles. The minimum Gasteiger partial charge on any atom is -0.356 e. The molecule has 0 atom stereocenters. The maximum absolute atomic E-state index is 11.6. The molecule has 0 bridgehead atoms. The van der Waals surface area contributed by atoms with E-state index >= 15 is 0 Å². The molecule has 0 saturated heterocycles. The Balaban J connectivity index is 2.15. The van der Waals surface area contributed by atoms with Gasteiger partial charge >= 0.3 is 0 Å². The summed E-state index contributed by atoms with van der Waals surface area (Å²) in [4.78, 5) is 23.0. The SMILES string of the molecule is CC(C)CNC(=O)CCNC(=O)Cc1ccccc1. The standard InChI is InChI=1S/C15H22N2O2/c1-12(2)11-17-14(18)8-9-16-15(19)10-13-6-4-3-5-7-13/h3-7,12H,8-11H2,1-2H3,(H,16,19)(H,17,18). The van der Waals surface area contributed by atoms with Crippen molar-refractivity contribution in [2.45, 2.75) is 26.7 Å². The quantitative estimate of drug-likeness (QED) is 0.782. The summed E-state index contributed by atoms with van der Waals surface area (Å²) in [5.74, 6) is 0.369. The largest absolute Gasteiger partial charge is 0.356 e. The summed E-state index contributed by atoms with van der Waals surface area (Å²) >= 11 is 0. The van der Waals surface area contributed by atoms with Crippen molar-refractivity contribution in [3.05, 3.63) is 35.9 Å². The highest BCUT2D eigenvalue weighted by molar-refractivity contribution is 5.80. The van der Waals surface area contributed by atoms with Gasteiger partial charge in [0.2, 0.25) is 11.8 Å². The Morgan fingerprint density at radius 3 is 2.37 bits per heavy atom. The van der Waals surface area contributed by atoms with Crippen LogP contribution in [0.5, 0.6) is 0 Å². The van der Waals surface area contributed by atoms with Gasteiger partial charge in [0.1, 0.15) is 0 Å².